The monoisotopic (exact) mass is 231 g/mol. The Morgan fingerprint density at radius 1 is 1.62 bits per heavy atom. The van der Waals surface area contributed by atoms with Gasteiger partial charge in [-0.25, -0.2) is 0 Å². The lowest BCUT2D eigenvalue weighted by Crippen LogP contribution is -2.41. The minimum absolute atomic E-state index is 0.0796. The Kier molecular flexibility index (Phi) is 4.22. The average molecular weight is 231 g/mol. The van der Waals surface area contributed by atoms with Crippen LogP contribution in [0.4, 0.5) is 0 Å². The van der Waals surface area contributed by atoms with E-state index in [1.165, 1.54) is 0 Å². The van der Waals surface area contributed by atoms with Crippen LogP contribution < -0.4 is 0 Å². The van der Waals surface area contributed by atoms with Crippen molar-refractivity contribution < 1.29 is 24.9 Å². The van der Waals surface area contributed by atoms with Crippen molar-refractivity contribution in [2.24, 2.45) is 5.11 Å². The topological polar surface area (TPSA) is 136 Å². The molecule has 0 aromatic carbocycles. The van der Waals surface area contributed by atoms with E-state index in [2.05, 4.69) is 10.0 Å². The molecule has 3 N–H and O–H groups in total. The lowest BCUT2D eigenvalue weighted by Gasteiger charge is -2.19. The fourth-order valence-corrected chi connectivity index (χ4v) is 1.53. The second-order valence-corrected chi connectivity index (χ2v) is 3.44. The van der Waals surface area contributed by atoms with E-state index in [4.69, 9.17) is 10.3 Å². The molecule has 0 unspecified atom stereocenters. The summed E-state index contributed by atoms with van der Waals surface area (Å²) in [4.78, 5) is 13.7. The number of aliphatic hydroxyl groups excluding tert-OH is 3. The van der Waals surface area contributed by atoms with E-state index in [1.54, 1.807) is 6.92 Å². The number of ether oxygens (including phenoxy) is 1. The summed E-state index contributed by atoms with van der Waals surface area (Å²) in [6.07, 6.45) is -5.67. The zero-order valence-electron chi connectivity index (χ0n) is 8.59. The molecule has 0 aliphatic carbocycles. The van der Waals surface area contributed by atoms with Crippen molar-refractivity contribution in [3.8, 4) is 0 Å². The summed E-state index contributed by atoms with van der Waals surface area (Å²) in [6.45, 7) is 1.55. The largest absolute Gasteiger partial charge is 0.387 e. The van der Waals surface area contributed by atoms with Crippen LogP contribution in [-0.2, 0) is 9.53 Å². The van der Waals surface area contributed by atoms with Gasteiger partial charge in [0.25, 0.3) is 0 Å². The molecular formula is C8H13N3O5. The van der Waals surface area contributed by atoms with E-state index in [0.717, 1.165) is 0 Å². The van der Waals surface area contributed by atoms with Crippen LogP contribution in [0.25, 0.3) is 10.4 Å². The Hall–Kier alpha value is -1.18. The SMILES string of the molecule is CCC(=O)[C@H](O)[C@H]1O[C@H](O)[C@H](O)[C@@H]1N=[N+]=[N-]. The summed E-state index contributed by atoms with van der Waals surface area (Å²) in [6, 6.07) is -1.18. The van der Waals surface area contributed by atoms with Crippen LogP contribution in [0.2, 0.25) is 0 Å². The Labute approximate surface area is 91.1 Å². The van der Waals surface area contributed by atoms with Gasteiger partial charge in [0.2, 0.25) is 0 Å². The van der Waals surface area contributed by atoms with Crippen molar-refractivity contribution in [1.29, 1.82) is 0 Å². The second-order valence-electron chi connectivity index (χ2n) is 3.44. The summed E-state index contributed by atoms with van der Waals surface area (Å²) in [5.74, 6) is -0.510. The first-order valence-corrected chi connectivity index (χ1v) is 4.79. The number of carbonyl (C=O) groups is 1. The number of aliphatic hydroxyl groups is 3. The molecule has 0 saturated carbocycles. The van der Waals surface area contributed by atoms with Gasteiger partial charge in [-0.05, 0) is 5.53 Å². The first kappa shape index (κ1) is 12.9. The normalized spacial score (nSPS) is 35.5. The zero-order chi connectivity index (χ0) is 12.3. The predicted octanol–water partition coefficient (Wildman–Crippen LogP) is -0.917. The lowest BCUT2D eigenvalue weighted by atomic mass is 10.00. The Bertz CT molecular complexity index is 317. The van der Waals surface area contributed by atoms with Gasteiger partial charge in [0, 0.05) is 11.3 Å². The molecule has 5 atom stereocenters. The van der Waals surface area contributed by atoms with E-state index >= 15 is 0 Å². The standard InChI is InChI=1S/C8H13N3O5/c1-2-3(12)5(13)7-4(10-11-9)6(14)8(15)16-7/h4-8,13-15H,2H2,1H3/t4-,5-,6+,7-,8-/m0/s1. The maximum atomic E-state index is 11.2. The molecule has 1 aliphatic heterocycles. The molecule has 1 heterocycles. The van der Waals surface area contributed by atoms with E-state index in [1.807, 2.05) is 0 Å². The molecule has 0 bridgehead atoms. The van der Waals surface area contributed by atoms with Crippen molar-refractivity contribution in [3.05, 3.63) is 10.4 Å². The zero-order valence-corrected chi connectivity index (χ0v) is 8.59. The third-order valence-electron chi connectivity index (χ3n) is 2.45. The molecule has 1 aliphatic rings. The van der Waals surface area contributed by atoms with Crippen LogP contribution in [0.3, 0.4) is 0 Å². The van der Waals surface area contributed by atoms with Crippen molar-refractivity contribution >= 4 is 5.78 Å². The molecule has 0 radical (unpaired) electrons. The first-order valence-electron chi connectivity index (χ1n) is 4.79. The van der Waals surface area contributed by atoms with Gasteiger partial charge < -0.3 is 20.1 Å². The Morgan fingerprint density at radius 3 is 2.75 bits per heavy atom. The molecule has 0 aromatic rings. The molecule has 90 valence electrons. The van der Waals surface area contributed by atoms with Crippen LogP contribution in [0, 0.1) is 0 Å². The van der Waals surface area contributed by atoms with Gasteiger partial charge in [0.15, 0.2) is 12.1 Å². The number of Topliss-reactive ketones (excluding diaryl/α,β-unsaturated/α-hetero) is 1. The van der Waals surface area contributed by atoms with E-state index < -0.39 is 36.4 Å². The molecular weight excluding hydrogens is 218 g/mol. The predicted molar refractivity (Wildman–Crippen MR) is 51.1 cm³/mol. The van der Waals surface area contributed by atoms with Crippen LogP contribution in [0.1, 0.15) is 13.3 Å². The number of nitrogens with zero attached hydrogens (tertiary/aromatic N) is 3. The first-order chi connectivity index (χ1) is 7.52. The Morgan fingerprint density at radius 2 is 2.25 bits per heavy atom. The summed E-state index contributed by atoms with van der Waals surface area (Å²) < 4.78 is 4.79. The number of azide groups is 1. The van der Waals surface area contributed by atoms with Crippen molar-refractivity contribution in [2.45, 2.75) is 44.0 Å². The summed E-state index contributed by atoms with van der Waals surface area (Å²) >= 11 is 0. The van der Waals surface area contributed by atoms with Gasteiger partial charge in [-0.3, -0.25) is 4.79 Å². The Balaban J connectivity index is 2.86. The quantitative estimate of drug-likeness (QED) is 0.326. The minimum atomic E-state index is -1.57. The number of carbonyl (C=O) groups excluding carboxylic acids is 1. The van der Waals surface area contributed by atoms with Crippen LogP contribution >= 0.6 is 0 Å². The molecule has 0 spiro atoms. The fourth-order valence-electron chi connectivity index (χ4n) is 1.53. The third-order valence-corrected chi connectivity index (χ3v) is 2.45. The third kappa shape index (κ3) is 2.31. The van der Waals surface area contributed by atoms with E-state index in [9.17, 15) is 20.1 Å². The highest BCUT2D eigenvalue weighted by atomic mass is 16.6. The molecule has 8 nitrogen and oxygen atoms in total. The highest BCUT2D eigenvalue weighted by Gasteiger charge is 2.47. The number of ketones is 1. The lowest BCUT2D eigenvalue weighted by molar-refractivity contribution is -0.155. The van der Waals surface area contributed by atoms with Gasteiger partial charge in [0.05, 0.1) is 6.04 Å². The maximum Gasteiger partial charge on any atom is 0.181 e. The van der Waals surface area contributed by atoms with Gasteiger partial charge in [0.1, 0.15) is 18.3 Å². The van der Waals surface area contributed by atoms with Crippen molar-refractivity contribution in [3.63, 3.8) is 0 Å². The molecule has 0 amide bonds. The van der Waals surface area contributed by atoms with E-state index in [0.29, 0.717) is 0 Å². The summed E-state index contributed by atoms with van der Waals surface area (Å²) in [5.41, 5.74) is 8.27. The molecule has 1 saturated heterocycles. The van der Waals surface area contributed by atoms with Gasteiger partial charge >= 0.3 is 0 Å². The summed E-state index contributed by atoms with van der Waals surface area (Å²) in [7, 11) is 0. The molecule has 16 heavy (non-hydrogen) atoms. The summed E-state index contributed by atoms with van der Waals surface area (Å²) in [5, 5.41) is 31.4. The number of hydrogen-bond donors (Lipinski definition) is 3. The number of hydrogen-bond acceptors (Lipinski definition) is 6. The maximum absolute atomic E-state index is 11.2. The van der Waals surface area contributed by atoms with Crippen LogP contribution in [-0.4, -0.2) is 51.7 Å². The van der Waals surface area contributed by atoms with Gasteiger partial charge in [-0.2, -0.15) is 0 Å². The minimum Gasteiger partial charge on any atom is -0.387 e. The molecule has 1 rings (SSSR count). The molecule has 0 aromatic heterocycles. The second kappa shape index (κ2) is 5.24. The van der Waals surface area contributed by atoms with Crippen LogP contribution in [0.15, 0.2) is 5.11 Å². The number of rotatable bonds is 4. The highest BCUT2D eigenvalue weighted by Crippen LogP contribution is 2.25. The molecule has 1 fully saturated rings. The van der Waals surface area contributed by atoms with Crippen molar-refractivity contribution in [2.75, 3.05) is 0 Å². The fraction of sp³-hybridized carbons (Fsp3) is 0.875. The van der Waals surface area contributed by atoms with Crippen LogP contribution in [0.5, 0.6) is 0 Å². The highest BCUT2D eigenvalue weighted by molar-refractivity contribution is 5.83. The van der Waals surface area contributed by atoms with Gasteiger partial charge in [-0.15, -0.1) is 0 Å². The van der Waals surface area contributed by atoms with Gasteiger partial charge in [-0.1, -0.05) is 12.0 Å². The molecule has 8 heteroatoms. The average Bonchev–Trinajstić information content (AvgIpc) is 2.55. The van der Waals surface area contributed by atoms with E-state index in [-0.39, 0.29) is 6.42 Å². The smallest absolute Gasteiger partial charge is 0.181 e. The van der Waals surface area contributed by atoms with Crippen molar-refractivity contribution in [1.82, 2.24) is 0 Å².